The van der Waals surface area contributed by atoms with Crippen molar-refractivity contribution in [3.63, 3.8) is 0 Å². The van der Waals surface area contributed by atoms with E-state index >= 15 is 0 Å². The lowest BCUT2D eigenvalue weighted by Crippen LogP contribution is -2.39. The number of para-hydroxylation sites is 1. The second-order valence-electron chi connectivity index (χ2n) is 8.59. The van der Waals surface area contributed by atoms with Gasteiger partial charge < -0.3 is 15.0 Å². The number of amides is 1. The SMILES string of the molecule is CCOc1ccccc1CNC(=O)c1cc(=O)[nH]c2ccc(S(=O)(=O)N3CCC[C@@H](C)C3)cc12. The fourth-order valence-electron chi connectivity index (χ4n) is 4.31. The van der Waals surface area contributed by atoms with Gasteiger partial charge in [0.05, 0.1) is 17.1 Å². The van der Waals surface area contributed by atoms with Crippen LogP contribution in [0.15, 0.2) is 58.2 Å². The molecule has 0 spiro atoms. The molecule has 2 aromatic carbocycles. The van der Waals surface area contributed by atoms with Crippen molar-refractivity contribution in [3.8, 4) is 5.75 Å². The number of aromatic amines is 1. The Hall–Kier alpha value is -3.17. The highest BCUT2D eigenvalue weighted by molar-refractivity contribution is 7.89. The van der Waals surface area contributed by atoms with Crippen molar-refractivity contribution in [2.45, 2.75) is 38.1 Å². The summed E-state index contributed by atoms with van der Waals surface area (Å²) in [5, 5.41) is 3.21. The van der Waals surface area contributed by atoms with Gasteiger partial charge in [0.25, 0.3) is 5.91 Å². The number of fused-ring (bicyclic) bond motifs is 1. The molecular formula is C25H29N3O5S. The second-order valence-corrected chi connectivity index (χ2v) is 10.5. The molecule has 4 rings (SSSR count). The summed E-state index contributed by atoms with van der Waals surface area (Å²) in [6, 6.07) is 13.1. The van der Waals surface area contributed by atoms with Gasteiger partial charge in [0.1, 0.15) is 5.75 Å². The van der Waals surface area contributed by atoms with Crippen LogP contribution in [0.1, 0.15) is 42.6 Å². The minimum atomic E-state index is -3.71. The van der Waals surface area contributed by atoms with Crippen molar-refractivity contribution in [2.75, 3.05) is 19.7 Å². The Balaban J connectivity index is 1.66. The maximum absolute atomic E-state index is 13.3. The quantitative estimate of drug-likeness (QED) is 0.536. The standard InChI is InChI=1S/C25H29N3O5S/c1-3-33-23-9-5-4-8-18(23)15-26-25(30)21-14-24(29)27-22-11-10-19(13-20(21)22)34(31,32)28-12-6-7-17(2)16-28/h4-5,8-11,13-14,17H,3,6-7,12,15-16H2,1-2H3,(H,26,30)(H,27,29)/t17-/m1/s1. The zero-order chi connectivity index (χ0) is 24.3. The van der Waals surface area contributed by atoms with Crippen LogP contribution in [0.3, 0.4) is 0 Å². The average Bonchev–Trinajstić information content (AvgIpc) is 2.82. The van der Waals surface area contributed by atoms with Gasteiger partial charge in [-0.15, -0.1) is 0 Å². The lowest BCUT2D eigenvalue weighted by Gasteiger charge is -2.30. The molecule has 3 aromatic rings. The fourth-order valence-corrected chi connectivity index (χ4v) is 5.94. The molecule has 34 heavy (non-hydrogen) atoms. The predicted octanol–water partition coefficient (Wildman–Crippen LogP) is 3.28. The van der Waals surface area contributed by atoms with E-state index in [2.05, 4.69) is 10.3 Å². The number of nitrogens with one attached hydrogen (secondary N) is 2. The number of hydrogen-bond donors (Lipinski definition) is 2. The van der Waals surface area contributed by atoms with Crippen molar-refractivity contribution in [1.29, 1.82) is 0 Å². The Morgan fingerprint density at radius 1 is 1.21 bits per heavy atom. The molecule has 2 heterocycles. The summed E-state index contributed by atoms with van der Waals surface area (Å²) in [5.41, 5.74) is 0.886. The van der Waals surface area contributed by atoms with E-state index in [1.165, 1.54) is 28.6 Å². The van der Waals surface area contributed by atoms with Crippen LogP contribution >= 0.6 is 0 Å². The number of aromatic nitrogens is 1. The average molecular weight is 484 g/mol. The lowest BCUT2D eigenvalue weighted by atomic mass is 10.0. The van der Waals surface area contributed by atoms with E-state index in [1.807, 2.05) is 38.1 Å². The van der Waals surface area contributed by atoms with Gasteiger partial charge >= 0.3 is 0 Å². The molecule has 1 aliphatic heterocycles. The third kappa shape index (κ3) is 5.00. The number of H-pyrrole nitrogens is 1. The highest BCUT2D eigenvalue weighted by atomic mass is 32.2. The molecule has 1 fully saturated rings. The molecule has 0 unspecified atom stereocenters. The highest BCUT2D eigenvalue weighted by Gasteiger charge is 2.29. The molecule has 0 bridgehead atoms. The molecule has 1 atom stereocenters. The monoisotopic (exact) mass is 483 g/mol. The van der Waals surface area contributed by atoms with Crippen LogP contribution in [0.5, 0.6) is 5.75 Å². The first-order valence-electron chi connectivity index (χ1n) is 11.5. The summed E-state index contributed by atoms with van der Waals surface area (Å²) < 4.78 is 33.7. The second kappa shape index (κ2) is 9.99. The molecule has 1 saturated heterocycles. The molecule has 0 aliphatic carbocycles. The molecule has 180 valence electrons. The molecule has 1 aromatic heterocycles. The largest absolute Gasteiger partial charge is 0.494 e. The smallest absolute Gasteiger partial charge is 0.252 e. The van der Waals surface area contributed by atoms with Crippen LogP contribution in [0.4, 0.5) is 0 Å². The van der Waals surface area contributed by atoms with E-state index in [-0.39, 0.29) is 17.0 Å². The Morgan fingerprint density at radius 2 is 2.00 bits per heavy atom. The number of sulfonamides is 1. The minimum Gasteiger partial charge on any atom is -0.494 e. The number of ether oxygens (including phenoxy) is 1. The molecule has 0 saturated carbocycles. The number of nitrogens with zero attached hydrogens (tertiary/aromatic N) is 1. The zero-order valence-corrected chi connectivity index (χ0v) is 20.2. The van der Waals surface area contributed by atoms with Crippen molar-refractivity contribution < 1.29 is 17.9 Å². The number of hydrogen-bond acceptors (Lipinski definition) is 5. The minimum absolute atomic E-state index is 0.108. The van der Waals surface area contributed by atoms with Gasteiger partial charge in [-0.3, -0.25) is 9.59 Å². The van der Waals surface area contributed by atoms with Gasteiger partial charge in [-0.2, -0.15) is 4.31 Å². The molecule has 2 N–H and O–H groups in total. The van der Waals surface area contributed by atoms with Crippen molar-refractivity contribution >= 4 is 26.8 Å². The van der Waals surface area contributed by atoms with E-state index in [0.717, 1.165) is 18.4 Å². The normalized spacial score (nSPS) is 16.9. The fraction of sp³-hybridized carbons (Fsp3) is 0.360. The Bertz CT molecular complexity index is 1370. The van der Waals surface area contributed by atoms with E-state index in [0.29, 0.717) is 42.3 Å². The number of rotatable bonds is 7. The van der Waals surface area contributed by atoms with Gasteiger partial charge in [0.15, 0.2) is 0 Å². The van der Waals surface area contributed by atoms with Crippen molar-refractivity contribution in [2.24, 2.45) is 5.92 Å². The van der Waals surface area contributed by atoms with E-state index in [4.69, 9.17) is 4.74 Å². The maximum atomic E-state index is 13.3. The number of piperidine rings is 1. The number of carbonyl (C=O) groups is 1. The van der Waals surface area contributed by atoms with Crippen LogP contribution in [0.25, 0.3) is 10.9 Å². The molecule has 1 aliphatic rings. The third-order valence-corrected chi connectivity index (χ3v) is 7.89. The topological polar surface area (TPSA) is 109 Å². The Kier molecular flexibility index (Phi) is 7.04. The van der Waals surface area contributed by atoms with E-state index < -0.39 is 21.5 Å². The van der Waals surface area contributed by atoms with Gasteiger partial charge in [0, 0.05) is 42.2 Å². The summed E-state index contributed by atoms with van der Waals surface area (Å²) in [6.45, 7) is 5.57. The predicted molar refractivity (Wildman–Crippen MR) is 131 cm³/mol. The first-order chi connectivity index (χ1) is 16.3. The van der Waals surface area contributed by atoms with Crippen LogP contribution < -0.4 is 15.6 Å². The first-order valence-corrected chi connectivity index (χ1v) is 12.9. The summed E-state index contributed by atoms with van der Waals surface area (Å²) in [4.78, 5) is 28.1. The number of carbonyl (C=O) groups excluding carboxylic acids is 1. The number of pyridine rings is 1. The Morgan fingerprint density at radius 3 is 2.76 bits per heavy atom. The van der Waals surface area contributed by atoms with Crippen LogP contribution in [0.2, 0.25) is 0 Å². The highest BCUT2D eigenvalue weighted by Crippen LogP contribution is 2.26. The van der Waals surface area contributed by atoms with E-state index in [1.54, 1.807) is 0 Å². The van der Waals surface area contributed by atoms with Crippen molar-refractivity contribution in [3.05, 3.63) is 70.0 Å². The molecule has 9 heteroatoms. The lowest BCUT2D eigenvalue weighted by molar-refractivity contribution is 0.0952. The maximum Gasteiger partial charge on any atom is 0.252 e. The van der Waals surface area contributed by atoms with Gasteiger partial charge in [-0.1, -0.05) is 25.1 Å². The summed E-state index contributed by atoms with van der Waals surface area (Å²) >= 11 is 0. The number of benzene rings is 2. The summed E-state index contributed by atoms with van der Waals surface area (Å²) in [5.74, 6) is 0.495. The summed E-state index contributed by atoms with van der Waals surface area (Å²) in [7, 11) is -3.71. The van der Waals surface area contributed by atoms with Crippen LogP contribution in [0, 0.1) is 5.92 Å². The summed E-state index contributed by atoms with van der Waals surface area (Å²) in [6.07, 6.45) is 1.82. The zero-order valence-electron chi connectivity index (χ0n) is 19.3. The van der Waals surface area contributed by atoms with Crippen molar-refractivity contribution in [1.82, 2.24) is 14.6 Å². The van der Waals surface area contributed by atoms with Gasteiger partial charge in [0.2, 0.25) is 15.6 Å². The molecule has 8 nitrogen and oxygen atoms in total. The van der Waals surface area contributed by atoms with Gasteiger partial charge in [-0.05, 0) is 49.9 Å². The molecule has 1 amide bonds. The molecular weight excluding hydrogens is 454 g/mol. The third-order valence-electron chi connectivity index (χ3n) is 6.03. The first kappa shape index (κ1) is 24.0. The van der Waals surface area contributed by atoms with Crippen LogP contribution in [-0.2, 0) is 16.6 Å². The van der Waals surface area contributed by atoms with E-state index in [9.17, 15) is 18.0 Å². The Labute approximate surface area is 199 Å². The van der Waals surface area contributed by atoms with Gasteiger partial charge in [-0.25, -0.2) is 8.42 Å². The molecule has 0 radical (unpaired) electrons. The van der Waals surface area contributed by atoms with Crippen LogP contribution in [-0.4, -0.2) is 43.3 Å².